The summed E-state index contributed by atoms with van der Waals surface area (Å²) in [6.07, 6.45) is 6.76. The maximum atomic E-state index is 14.7. The predicted octanol–water partition coefficient (Wildman–Crippen LogP) is 9.67. The molecule has 3 aromatic carbocycles. The van der Waals surface area contributed by atoms with Gasteiger partial charge in [0.2, 0.25) is 0 Å². The molecule has 0 unspecified atom stereocenters. The topological polar surface area (TPSA) is 105 Å². The van der Waals surface area contributed by atoms with E-state index in [0.29, 0.717) is 41.4 Å². The zero-order chi connectivity index (χ0) is 39.7. The van der Waals surface area contributed by atoms with Crippen molar-refractivity contribution in [3.63, 3.8) is 0 Å². The van der Waals surface area contributed by atoms with E-state index in [-0.39, 0.29) is 22.1 Å². The van der Waals surface area contributed by atoms with Crippen LogP contribution in [0.4, 0.5) is 26.3 Å². The molecule has 0 fully saturated rings. The molecule has 0 saturated carbocycles. The predicted molar refractivity (Wildman–Crippen MR) is 185 cm³/mol. The number of hydrogen-bond donors (Lipinski definition) is 0. The summed E-state index contributed by atoms with van der Waals surface area (Å²) in [6, 6.07) is 8.40. The van der Waals surface area contributed by atoms with Gasteiger partial charge in [-0.15, -0.1) is 0 Å². The average Bonchev–Trinajstić information content (AvgIpc) is 3.63. The normalized spacial score (nSPS) is 16.2. The van der Waals surface area contributed by atoms with Gasteiger partial charge in [-0.25, -0.2) is 22.8 Å². The fourth-order valence-electron chi connectivity index (χ4n) is 6.31. The third kappa shape index (κ3) is 8.55. The highest BCUT2D eigenvalue weighted by atomic mass is 32.2. The summed E-state index contributed by atoms with van der Waals surface area (Å²) < 4.78 is 123. The fraction of sp³-hybridized carbons (Fsp3) is 0.368. The number of halogens is 6. The van der Waals surface area contributed by atoms with Crippen LogP contribution >= 0.6 is 0 Å². The second-order valence-electron chi connectivity index (χ2n) is 13.6. The van der Waals surface area contributed by atoms with Crippen molar-refractivity contribution in [2.24, 2.45) is 10.8 Å². The Hall–Kier alpha value is -4.79. The molecule has 3 aromatic rings. The maximum absolute atomic E-state index is 14.7. The number of benzene rings is 3. The molecule has 0 saturated heterocycles. The van der Waals surface area contributed by atoms with E-state index in [0.717, 1.165) is 31.6 Å². The van der Waals surface area contributed by atoms with Crippen LogP contribution < -0.4 is 8.92 Å². The minimum Gasteiger partial charge on any atom is -0.497 e. The summed E-state index contributed by atoms with van der Waals surface area (Å²) in [5, 5.41) is 0. The van der Waals surface area contributed by atoms with Gasteiger partial charge in [-0.05, 0) is 95.2 Å². The number of allylic oxidation sites excluding steroid dienone is 4. The number of esters is 2. The lowest BCUT2D eigenvalue weighted by Crippen LogP contribution is -2.28. The van der Waals surface area contributed by atoms with Crippen molar-refractivity contribution in [2.75, 3.05) is 21.3 Å². The molecule has 0 N–H and O–H groups in total. The van der Waals surface area contributed by atoms with Crippen LogP contribution in [0.25, 0.3) is 22.3 Å². The molecule has 0 heterocycles. The second kappa shape index (κ2) is 15.3. The molecule has 0 aromatic heterocycles. The highest BCUT2D eigenvalue weighted by Gasteiger charge is 2.49. The van der Waals surface area contributed by atoms with E-state index in [2.05, 4.69) is 28.8 Å². The van der Waals surface area contributed by atoms with Crippen LogP contribution in [0.3, 0.4) is 0 Å². The molecule has 0 spiro atoms. The summed E-state index contributed by atoms with van der Waals surface area (Å²) in [5.41, 5.74) is -4.54. The number of methoxy groups -OCH3 is 3. The highest BCUT2D eigenvalue weighted by molar-refractivity contribution is 7.88. The maximum Gasteiger partial charge on any atom is 0.534 e. The summed E-state index contributed by atoms with van der Waals surface area (Å²) >= 11 is 0. The Balaban J connectivity index is 0.000000237. The average molecular weight is 769 g/mol. The summed E-state index contributed by atoms with van der Waals surface area (Å²) in [6.45, 7) is 7.74. The smallest absolute Gasteiger partial charge is 0.497 e. The summed E-state index contributed by atoms with van der Waals surface area (Å²) in [7, 11) is -2.30. The summed E-state index contributed by atoms with van der Waals surface area (Å²) in [5.74, 6) is -4.68. The Labute approximate surface area is 303 Å². The molecule has 2 aliphatic rings. The number of alkyl halides is 3. The zero-order valence-electron chi connectivity index (χ0n) is 30.0. The van der Waals surface area contributed by atoms with E-state index in [1.807, 2.05) is 0 Å². The first-order valence-electron chi connectivity index (χ1n) is 16.2. The van der Waals surface area contributed by atoms with Gasteiger partial charge in [0, 0.05) is 17.2 Å². The lowest BCUT2D eigenvalue weighted by molar-refractivity contribution is -0.0500. The lowest BCUT2D eigenvalue weighted by atomic mass is 9.79. The molecular formula is C38H38F6O8S. The van der Waals surface area contributed by atoms with E-state index in [1.165, 1.54) is 44.6 Å². The van der Waals surface area contributed by atoms with Crippen molar-refractivity contribution in [3.05, 3.63) is 94.3 Å². The molecule has 8 nitrogen and oxygen atoms in total. The molecule has 0 radical (unpaired) electrons. The molecule has 5 rings (SSSR count). The van der Waals surface area contributed by atoms with Crippen molar-refractivity contribution in [1.82, 2.24) is 0 Å². The molecule has 0 amide bonds. The monoisotopic (exact) mass is 768 g/mol. The zero-order valence-corrected chi connectivity index (χ0v) is 30.8. The fourth-order valence-corrected chi connectivity index (χ4v) is 6.78. The van der Waals surface area contributed by atoms with Gasteiger partial charge in [0.1, 0.15) is 23.2 Å². The van der Waals surface area contributed by atoms with Crippen LogP contribution in [0.2, 0.25) is 0 Å². The lowest BCUT2D eigenvalue weighted by Gasteiger charge is -2.25. The number of ether oxygens (including phenoxy) is 3. The van der Waals surface area contributed by atoms with Crippen LogP contribution in [-0.2, 0) is 19.6 Å². The van der Waals surface area contributed by atoms with Gasteiger partial charge >= 0.3 is 27.6 Å². The van der Waals surface area contributed by atoms with Crippen LogP contribution in [0.15, 0.2) is 54.6 Å². The Morgan fingerprint density at radius 2 is 1.15 bits per heavy atom. The Kier molecular flexibility index (Phi) is 11.8. The molecule has 15 heteroatoms. The third-order valence-electron chi connectivity index (χ3n) is 9.21. The van der Waals surface area contributed by atoms with Crippen LogP contribution in [0.5, 0.6) is 11.5 Å². The molecule has 2 aliphatic carbocycles. The van der Waals surface area contributed by atoms with Gasteiger partial charge in [0.05, 0.1) is 32.5 Å². The Morgan fingerprint density at radius 1 is 0.660 bits per heavy atom. The molecule has 0 bridgehead atoms. The van der Waals surface area contributed by atoms with E-state index >= 15 is 0 Å². The van der Waals surface area contributed by atoms with Crippen molar-refractivity contribution < 1.29 is 62.7 Å². The minimum absolute atomic E-state index is 0.109. The first kappa shape index (κ1) is 41.0. The van der Waals surface area contributed by atoms with Crippen molar-refractivity contribution in [1.29, 1.82) is 0 Å². The van der Waals surface area contributed by atoms with Crippen molar-refractivity contribution in [2.45, 2.75) is 58.9 Å². The molecule has 0 atom stereocenters. The second-order valence-corrected chi connectivity index (χ2v) is 15.1. The van der Waals surface area contributed by atoms with Crippen LogP contribution in [0, 0.1) is 28.3 Å². The first-order chi connectivity index (χ1) is 24.6. The number of rotatable bonds is 8. The quantitative estimate of drug-likeness (QED) is 0.0966. The number of hydrogen-bond acceptors (Lipinski definition) is 8. The van der Waals surface area contributed by atoms with Crippen LogP contribution in [0.1, 0.15) is 85.2 Å². The molecule has 53 heavy (non-hydrogen) atoms. The van der Waals surface area contributed by atoms with Crippen molar-refractivity contribution in [3.8, 4) is 22.6 Å². The Morgan fingerprint density at radius 3 is 1.60 bits per heavy atom. The summed E-state index contributed by atoms with van der Waals surface area (Å²) in [4.78, 5) is 23.7. The first-order valence-corrected chi connectivity index (χ1v) is 17.6. The highest BCUT2D eigenvalue weighted by Crippen LogP contribution is 2.49. The molecule has 0 aliphatic heterocycles. The largest absolute Gasteiger partial charge is 0.534 e. The molecule has 286 valence electrons. The van der Waals surface area contributed by atoms with Gasteiger partial charge in [-0.3, -0.25) is 0 Å². The Bertz CT molecular complexity index is 2100. The van der Waals surface area contributed by atoms with Gasteiger partial charge in [-0.2, -0.15) is 21.6 Å². The van der Waals surface area contributed by atoms with Crippen LogP contribution in [-0.4, -0.2) is 47.2 Å². The van der Waals surface area contributed by atoms with Gasteiger partial charge in [0.25, 0.3) is 0 Å². The number of carbonyl (C=O) groups is 2. The minimum atomic E-state index is -6.01. The molecular weight excluding hydrogens is 730 g/mol. The number of carbonyl (C=O) groups excluding carboxylic acids is 2. The van der Waals surface area contributed by atoms with Gasteiger partial charge < -0.3 is 18.4 Å². The van der Waals surface area contributed by atoms with Crippen molar-refractivity contribution >= 4 is 33.2 Å². The van der Waals surface area contributed by atoms with E-state index in [4.69, 9.17) is 9.47 Å². The van der Waals surface area contributed by atoms with Gasteiger partial charge in [-0.1, -0.05) is 39.8 Å². The van der Waals surface area contributed by atoms with E-state index in [9.17, 15) is 44.3 Å². The SMILES string of the molecule is COC(=O)c1cc(C2=CCCC2(C)C)c(-c2cc(OC)ccc2F)cc1F.COC(=O)c1cc(C2=CCCC2(C)C)c(OS(=O)(=O)C(F)(F)F)cc1F. The standard InChI is InChI=1S/C22H22F2O3.C16H16F4O5S/c1-22(2)9-5-6-18(22)15-11-17(21(25)27-4)20(24)12-14(15)16-10-13(26-3)7-8-19(16)23;1-15(2)6-4-5-11(15)9-7-10(14(21)24-3)12(17)8-13(9)25-26(22,23)16(18,19)20/h6-8,10-12H,5,9H2,1-4H3;5,7-8H,4,6H2,1-3H3. The van der Waals surface area contributed by atoms with Gasteiger partial charge in [0.15, 0.2) is 5.75 Å². The third-order valence-corrected chi connectivity index (χ3v) is 10.2. The van der Waals surface area contributed by atoms with E-state index < -0.39 is 61.7 Å². The van der Waals surface area contributed by atoms with E-state index in [1.54, 1.807) is 19.9 Å².